The summed E-state index contributed by atoms with van der Waals surface area (Å²) in [7, 11) is 0. The SMILES string of the molecule is C=C1\C=C(CCC(F)(F)F)/C=C\C=C/C/C=C\C=C/1C. The van der Waals surface area contributed by atoms with E-state index in [2.05, 4.69) is 6.58 Å². The molecule has 0 bridgehead atoms. The molecule has 0 saturated carbocycles. The Labute approximate surface area is 118 Å². The summed E-state index contributed by atoms with van der Waals surface area (Å²) in [5, 5.41) is 0. The van der Waals surface area contributed by atoms with Crippen molar-refractivity contribution in [1.82, 2.24) is 0 Å². The van der Waals surface area contributed by atoms with Crippen LogP contribution in [0.1, 0.15) is 26.2 Å². The van der Waals surface area contributed by atoms with Crippen LogP contribution < -0.4 is 0 Å². The van der Waals surface area contributed by atoms with Gasteiger partial charge in [0.05, 0.1) is 0 Å². The van der Waals surface area contributed by atoms with Gasteiger partial charge < -0.3 is 0 Å². The lowest BCUT2D eigenvalue weighted by molar-refractivity contribution is -0.133. The summed E-state index contributed by atoms with van der Waals surface area (Å²) >= 11 is 0. The molecule has 20 heavy (non-hydrogen) atoms. The highest BCUT2D eigenvalue weighted by molar-refractivity contribution is 5.42. The van der Waals surface area contributed by atoms with Crippen LogP contribution in [0.25, 0.3) is 0 Å². The maximum absolute atomic E-state index is 12.3. The Balaban J connectivity index is 2.94. The molecule has 108 valence electrons. The van der Waals surface area contributed by atoms with Crippen molar-refractivity contribution in [2.75, 3.05) is 0 Å². The number of hydrogen-bond donors (Lipinski definition) is 0. The third kappa shape index (κ3) is 6.98. The van der Waals surface area contributed by atoms with Gasteiger partial charge in [0.2, 0.25) is 0 Å². The predicted octanol–water partition coefficient (Wildman–Crippen LogP) is 5.83. The highest BCUT2D eigenvalue weighted by Gasteiger charge is 2.26. The quantitative estimate of drug-likeness (QED) is 0.597. The number of rotatable bonds is 2. The van der Waals surface area contributed by atoms with E-state index in [0.29, 0.717) is 5.57 Å². The molecule has 0 unspecified atom stereocenters. The van der Waals surface area contributed by atoms with Crippen LogP contribution in [0.5, 0.6) is 0 Å². The van der Waals surface area contributed by atoms with Gasteiger partial charge in [-0.25, -0.2) is 0 Å². The van der Waals surface area contributed by atoms with E-state index in [1.165, 1.54) is 0 Å². The molecule has 0 N–H and O–H groups in total. The fraction of sp³-hybridized carbons (Fsp3) is 0.294. The Kier molecular flexibility index (Phi) is 6.29. The Hall–Kier alpha value is -1.77. The second-order valence-electron chi connectivity index (χ2n) is 4.66. The van der Waals surface area contributed by atoms with Gasteiger partial charge in [-0.15, -0.1) is 0 Å². The summed E-state index contributed by atoms with van der Waals surface area (Å²) in [6.07, 6.45) is 10.7. The van der Waals surface area contributed by atoms with Crippen LogP contribution in [0, 0.1) is 0 Å². The van der Waals surface area contributed by atoms with Crippen molar-refractivity contribution < 1.29 is 13.2 Å². The summed E-state index contributed by atoms with van der Waals surface area (Å²) in [5.74, 6) is 0. The average Bonchev–Trinajstić information content (AvgIpc) is 2.35. The highest BCUT2D eigenvalue weighted by Crippen LogP contribution is 2.25. The number of allylic oxidation sites excluding steroid dienone is 11. The zero-order valence-corrected chi connectivity index (χ0v) is 11.6. The first-order valence-corrected chi connectivity index (χ1v) is 6.52. The fourth-order valence-corrected chi connectivity index (χ4v) is 1.64. The van der Waals surface area contributed by atoms with E-state index in [1.807, 2.05) is 37.3 Å². The third-order valence-electron chi connectivity index (χ3n) is 2.88. The standard InChI is InChI=1S/C17H19F3/c1-14-9-7-5-3-4-6-8-10-16(13-15(14)2)11-12-17(18,19)20/h4-10,13H,2-3,11-12H2,1H3/b6-4-,7-5-,10-8-,14-9-,16-13+. The molecular formula is C17H19F3. The van der Waals surface area contributed by atoms with E-state index in [9.17, 15) is 13.2 Å². The first-order valence-electron chi connectivity index (χ1n) is 6.52. The lowest BCUT2D eigenvalue weighted by Gasteiger charge is -2.08. The van der Waals surface area contributed by atoms with Gasteiger partial charge in [-0.3, -0.25) is 0 Å². The Morgan fingerprint density at radius 3 is 2.55 bits per heavy atom. The van der Waals surface area contributed by atoms with Crippen LogP contribution in [0.15, 0.2) is 71.9 Å². The molecule has 0 aliphatic heterocycles. The molecule has 0 nitrogen and oxygen atoms in total. The van der Waals surface area contributed by atoms with Crippen LogP contribution >= 0.6 is 0 Å². The molecule has 0 spiro atoms. The average molecular weight is 280 g/mol. The van der Waals surface area contributed by atoms with Crippen molar-refractivity contribution in [3.8, 4) is 0 Å². The Morgan fingerprint density at radius 2 is 1.85 bits per heavy atom. The smallest absolute Gasteiger partial charge is 0.171 e. The van der Waals surface area contributed by atoms with Gasteiger partial charge in [-0.05, 0) is 36.5 Å². The van der Waals surface area contributed by atoms with Gasteiger partial charge >= 0.3 is 6.18 Å². The van der Waals surface area contributed by atoms with Gasteiger partial charge in [-0.2, -0.15) is 13.2 Å². The maximum atomic E-state index is 12.3. The first-order chi connectivity index (χ1) is 9.38. The van der Waals surface area contributed by atoms with Crippen LogP contribution in [0.4, 0.5) is 13.2 Å². The Morgan fingerprint density at radius 1 is 1.15 bits per heavy atom. The largest absolute Gasteiger partial charge is 0.389 e. The molecule has 0 radical (unpaired) electrons. The topological polar surface area (TPSA) is 0 Å². The van der Waals surface area contributed by atoms with E-state index in [4.69, 9.17) is 0 Å². The van der Waals surface area contributed by atoms with Crippen molar-refractivity contribution in [3.05, 3.63) is 71.9 Å². The van der Waals surface area contributed by atoms with E-state index >= 15 is 0 Å². The summed E-state index contributed by atoms with van der Waals surface area (Å²) in [6.45, 7) is 5.80. The molecule has 1 aliphatic carbocycles. The molecule has 0 atom stereocenters. The van der Waals surface area contributed by atoms with Crippen LogP contribution in [0.2, 0.25) is 0 Å². The normalized spacial score (nSPS) is 27.3. The van der Waals surface area contributed by atoms with Gasteiger partial charge in [-0.1, -0.05) is 55.2 Å². The van der Waals surface area contributed by atoms with Gasteiger partial charge in [0, 0.05) is 6.42 Å². The van der Waals surface area contributed by atoms with Gasteiger partial charge in [0.25, 0.3) is 0 Å². The Bertz CT molecular complexity index is 483. The molecule has 0 aromatic rings. The monoisotopic (exact) mass is 280 g/mol. The van der Waals surface area contributed by atoms with Crippen LogP contribution in [-0.4, -0.2) is 6.18 Å². The minimum absolute atomic E-state index is 0.0318. The van der Waals surface area contributed by atoms with E-state index in [0.717, 1.165) is 17.6 Å². The van der Waals surface area contributed by atoms with Gasteiger partial charge in [0.1, 0.15) is 0 Å². The number of halogens is 3. The highest BCUT2D eigenvalue weighted by atomic mass is 19.4. The molecule has 0 heterocycles. The van der Waals surface area contributed by atoms with Crippen molar-refractivity contribution >= 4 is 0 Å². The van der Waals surface area contributed by atoms with E-state index in [1.54, 1.807) is 18.2 Å². The minimum Gasteiger partial charge on any atom is -0.171 e. The number of hydrogen-bond acceptors (Lipinski definition) is 0. The molecule has 0 fully saturated rings. The maximum Gasteiger partial charge on any atom is 0.389 e. The second kappa shape index (κ2) is 7.73. The molecule has 0 amide bonds. The lowest BCUT2D eigenvalue weighted by Crippen LogP contribution is -2.06. The first kappa shape index (κ1) is 16.3. The molecule has 1 aliphatic rings. The van der Waals surface area contributed by atoms with Crippen molar-refractivity contribution in [3.63, 3.8) is 0 Å². The van der Waals surface area contributed by atoms with Crippen LogP contribution in [-0.2, 0) is 0 Å². The molecule has 1 rings (SSSR count). The zero-order valence-electron chi connectivity index (χ0n) is 11.6. The van der Waals surface area contributed by atoms with Crippen molar-refractivity contribution in [2.45, 2.75) is 32.4 Å². The molecule has 0 aromatic heterocycles. The minimum atomic E-state index is -4.14. The lowest BCUT2D eigenvalue weighted by atomic mass is 10.0. The van der Waals surface area contributed by atoms with Gasteiger partial charge in [0.15, 0.2) is 0 Å². The summed E-state index contributed by atoms with van der Waals surface area (Å²) in [4.78, 5) is 0. The predicted molar refractivity (Wildman–Crippen MR) is 78.3 cm³/mol. The van der Waals surface area contributed by atoms with Crippen LogP contribution in [0.3, 0.4) is 0 Å². The summed E-state index contributed by atoms with van der Waals surface area (Å²) in [5.41, 5.74) is 2.32. The third-order valence-corrected chi connectivity index (χ3v) is 2.88. The second-order valence-corrected chi connectivity index (χ2v) is 4.66. The van der Waals surface area contributed by atoms with Crippen molar-refractivity contribution in [1.29, 1.82) is 0 Å². The van der Waals surface area contributed by atoms with Crippen molar-refractivity contribution in [2.24, 2.45) is 0 Å². The molecule has 0 aromatic carbocycles. The number of alkyl halides is 3. The molecule has 3 heteroatoms. The summed E-state index contributed by atoms with van der Waals surface area (Å²) in [6, 6.07) is 0. The summed E-state index contributed by atoms with van der Waals surface area (Å²) < 4.78 is 37.0. The zero-order chi connectivity index (χ0) is 15.0. The van der Waals surface area contributed by atoms with E-state index < -0.39 is 12.6 Å². The fourth-order valence-electron chi connectivity index (χ4n) is 1.64. The molecular weight excluding hydrogens is 261 g/mol. The van der Waals surface area contributed by atoms with E-state index in [-0.39, 0.29) is 6.42 Å². The molecule has 0 saturated heterocycles.